The number of nitro groups is 1. The average molecular weight is 431 g/mol. The topological polar surface area (TPSA) is 75.9 Å². The average Bonchev–Trinajstić information content (AvgIpc) is 2.84. The molecule has 3 aromatic rings. The lowest BCUT2D eigenvalue weighted by atomic mass is 10.1. The molecule has 1 heterocycles. The van der Waals surface area contributed by atoms with E-state index in [1.807, 2.05) is 59.5 Å². The Morgan fingerprint density at radius 1 is 0.875 bits per heavy atom. The summed E-state index contributed by atoms with van der Waals surface area (Å²) < 4.78 is 5.85. The van der Waals surface area contributed by atoms with Gasteiger partial charge in [0.1, 0.15) is 12.4 Å². The van der Waals surface area contributed by atoms with Crippen LogP contribution in [0.3, 0.4) is 0 Å². The molecule has 7 heteroatoms. The fourth-order valence-electron chi connectivity index (χ4n) is 3.78. The van der Waals surface area contributed by atoms with E-state index in [1.54, 1.807) is 18.2 Å². The third kappa shape index (κ3) is 5.50. The third-order valence-corrected chi connectivity index (χ3v) is 5.52. The highest BCUT2D eigenvalue weighted by Gasteiger charge is 2.22. The van der Waals surface area contributed by atoms with Gasteiger partial charge in [-0.15, -0.1) is 0 Å². The number of carbonyl (C=O) groups is 1. The number of nitrogens with zero attached hydrogens (tertiary/aromatic N) is 3. The number of piperazine rings is 1. The summed E-state index contributed by atoms with van der Waals surface area (Å²) in [6.45, 7) is 3.75. The smallest absolute Gasteiger partial charge is 0.269 e. The molecule has 0 spiro atoms. The van der Waals surface area contributed by atoms with Crippen molar-refractivity contribution < 1.29 is 14.5 Å². The summed E-state index contributed by atoms with van der Waals surface area (Å²) in [4.78, 5) is 27.6. The third-order valence-electron chi connectivity index (χ3n) is 5.52. The van der Waals surface area contributed by atoms with Crippen LogP contribution < -0.4 is 4.74 Å². The van der Waals surface area contributed by atoms with Crippen molar-refractivity contribution >= 4 is 11.6 Å². The molecule has 7 nitrogen and oxygen atoms in total. The molecule has 1 amide bonds. The van der Waals surface area contributed by atoms with Crippen LogP contribution in [0.5, 0.6) is 5.75 Å². The lowest BCUT2D eigenvalue weighted by molar-refractivity contribution is -0.384. The molecule has 1 fully saturated rings. The first-order chi connectivity index (χ1) is 15.6. The minimum atomic E-state index is -0.377. The summed E-state index contributed by atoms with van der Waals surface area (Å²) in [7, 11) is 0. The highest BCUT2D eigenvalue weighted by molar-refractivity contribution is 5.94. The van der Waals surface area contributed by atoms with Crippen LogP contribution in [0.4, 0.5) is 5.69 Å². The van der Waals surface area contributed by atoms with E-state index in [9.17, 15) is 14.9 Å². The van der Waals surface area contributed by atoms with Crippen molar-refractivity contribution in [3.05, 3.63) is 106 Å². The first kappa shape index (κ1) is 21.5. The largest absolute Gasteiger partial charge is 0.489 e. The molecule has 0 aromatic heterocycles. The number of ether oxygens (including phenoxy) is 1. The summed E-state index contributed by atoms with van der Waals surface area (Å²) >= 11 is 0. The number of hydrogen-bond acceptors (Lipinski definition) is 5. The minimum Gasteiger partial charge on any atom is -0.489 e. The monoisotopic (exact) mass is 431 g/mol. The number of non-ortho nitro benzene ring substituents is 1. The highest BCUT2D eigenvalue weighted by Crippen LogP contribution is 2.19. The maximum atomic E-state index is 13.0. The number of rotatable bonds is 7. The van der Waals surface area contributed by atoms with E-state index in [4.69, 9.17) is 4.74 Å². The highest BCUT2D eigenvalue weighted by atomic mass is 16.6. The lowest BCUT2D eigenvalue weighted by Gasteiger charge is -2.34. The van der Waals surface area contributed by atoms with E-state index in [0.717, 1.165) is 24.2 Å². The van der Waals surface area contributed by atoms with Crippen LogP contribution in [0.25, 0.3) is 0 Å². The van der Waals surface area contributed by atoms with Crippen LogP contribution in [0.15, 0.2) is 78.9 Å². The number of carbonyl (C=O) groups excluding carboxylic acids is 1. The number of amides is 1. The maximum absolute atomic E-state index is 13.0. The molecule has 1 aliphatic heterocycles. The van der Waals surface area contributed by atoms with E-state index in [1.165, 1.54) is 6.07 Å². The molecule has 1 saturated heterocycles. The Hall–Kier alpha value is -3.71. The Morgan fingerprint density at radius 2 is 1.59 bits per heavy atom. The molecule has 0 saturated carbocycles. The fourth-order valence-corrected chi connectivity index (χ4v) is 3.78. The first-order valence-electron chi connectivity index (χ1n) is 10.6. The zero-order chi connectivity index (χ0) is 22.3. The summed E-state index contributed by atoms with van der Waals surface area (Å²) in [5.74, 6) is 0.661. The summed E-state index contributed by atoms with van der Waals surface area (Å²) in [5.41, 5.74) is 2.69. The van der Waals surface area contributed by atoms with Gasteiger partial charge in [-0.1, -0.05) is 48.5 Å². The molecule has 3 aromatic carbocycles. The van der Waals surface area contributed by atoms with Gasteiger partial charge in [0.15, 0.2) is 0 Å². The Morgan fingerprint density at radius 3 is 2.34 bits per heavy atom. The van der Waals surface area contributed by atoms with Gasteiger partial charge < -0.3 is 9.64 Å². The summed E-state index contributed by atoms with van der Waals surface area (Å²) in [5, 5.41) is 11.0. The Kier molecular flexibility index (Phi) is 6.77. The molecule has 0 unspecified atom stereocenters. The Balaban J connectivity index is 1.31. The normalized spacial score (nSPS) is 14.2. The number of benzene rings is 3. The maximum Gasteiger partial charge on any atom is 0.269 e. The SMILES string of the molecule is O=C(c1cccc(OCc2ccccc2)c1)N1CCN(Cc2cccc([N+](=O)[O-])c2)CC1. The molecule has 0 atom stereocenters. The van der Waals surface area contributed by atoms with Crippen LogP contribution in [-0.2, 0) is 13.2 Å². The second-order valence-electron chi connectivity index (χ2n) is 7.80. The Labute approximate surface area is 187 Å². The molecule has 1 aliphatic rings. The van der Waals surface area contributed by atoms with Gasteiger partial charge >= 0.3 is 0 Å². The van der Waals surface area contributed by atoms with Crippen LogP contribution in [0.2, 0.25) is 0 Å². The number of hydrogen-bond donors (Lipinski definition) is 0. The number of nitro benzene ring substituents is 1. The molecule has 0 bridgehead atoms. The van der Waals surface area contributed by atoms with E-state index >= 15 is 0 Å². The van der Waals surface area contributed by atoms with Crippen molar-refractivity contribution in [2.45, 2.75) is 13.2 Å². The van der Waals surface area contributed by atoms with Crippen LogP contribution in [0.1, 0.15) is 21.5 Å². The molecule has 0 N–H and O–H groups in total. The van der Waals surface area contributed by atoms with E-state index in [0.29, 0.717) is 37.6 Å². The van der Waals surface area contributed by atoms with Crippen molar-refractivity contribution in [2.24, 2.45) is 0 Å². The van der Waals surface area contributed by atoms with E-state index < -0.39 is 0 Å². The molecule has 0 radical (unpaired) electrons. The van der Waals surface area contributed by atoms with Gasteiger partial charge in [-0.05, 0) is 29.3 Å². The predicted molar refractivity (Wildman–Crippen MR) is 121 cm³/mol. The second kappa shape index (κ2) is 10.1. The molecule has 164 valence electrons. The van der Waals surface area contributed by atoms with Crippen molar-refractivity contribution in [1.82, 2.24) is 9.80 Å². The molecular weight excluding hydrogens is 406 g/mol. The van der Waals surface area contributed by atoms with Gasteiger partial charge in [0.2, 0.25) is 0 Å². The van der Waals surface area contributed by atoms with Crippen molar-refractivity contribution in [1.29, 1.82) is 0 Å². The predicted octanol–water partition coefficient (Wildman–Crippen LogP) is 4.13. The molecule has 32 heavy (non-hydrogen) atoms. The molecule has 4 rings (SSSR count). The van der Waals surface area contributed by atoms with E-state index in [-0.39, 0.29) is 16.5 Å². The van der Waals surface area contributed by atoms with E-state index in [2.05, 4.69) is 4.90 Å². The fraction of sp³-hybridized carbons (Fsp3) is 0.240. The lowest BCUT2D eigenvalue weighted by Crippen LogP contribution is -2.48. The van der Waals surface area contributed by atoms with Crippen molar-refractivity contribution in [2.75, 3.05) is 26.2 Å². The zero-order valence-electron chi connectivity index (χ0n) is 17.7. The summed E-state index contributed by atoms with van der Waals surface area (Å²) in [6.07, 6.45) is 0. The van der Waals surface area contributed by atoms with Crippen molar-refractivity contribution in [3.8, 4) is 5.75 Å². The first-order valence-corrected chi connectivity index (χ1v) is 10.6. The van der Waals surface area contributed by atoms with Crippen molar-refractivity contribution in [3.63, 3.8) is 0 Å². The summed E-state index contributed by atoms with van der Waals surface area (Å²) in [6, 6.07) is 23.9. The second-order valence-corrected chi connectivity index (χ2v) is 7.80. The van der Waals surface area contributed by atoms with Gasteiger partial charge in [-0.2, -0.15) is 0 Å². The Bertz CT molecular complexity index is 1080. The standard InChI is InChI=1S/C25H25N3O4/c29-25(22-9-5-11-24(17-22)32-19-20-6-2-1-3-7-20)27-14-12-26(13-15-27)18-21-8-4-10-23(16-21)28(30)31/h1-11,16-17H,12-15,18-19H2. The van der Waals surface area contributed by atoms with Crippen LogP contribution in [-0.4, -0.2) is 46.8 Å². The van der Waals surface area contributed by atoms with Gasteiger partial charge in [0, 0.05) is 50.4 Å². The molecular formula is C25H25N3O4. The minimum absolute atomic E-state index is 0.00911. The van der Waals surface area contributed by atoms with Gasteiger partial charge in [0.25, 0.3) is 11.6 Å². The van der Waals surface area contributed by atoms with Crippen LogP contribution >= 0.6 is 0 Å². The zero-order valence-corrected chi connectivity index (χ0v) is 17.7. The van der Waals surface area contributed by atoms with Gasteiger partial charge in [-0.25, -0.2) is 0 Å². The quantitative estimate of drug-likeness (QED) is 0.415. The van der Waals surface area contributed by atoms with Gasteiger partial charge in [0.05, 0.1) is 4.92 Å². The van der Waals surface area contributed by atoms with Crippen LogP contribution in [0, 0.1) is 10.1 Å². The molecule has 0 aliphatic carbocycles. The van der Waals surface area contributed by atoms with Gasteiger partial charge in [-0.3, -0.25) is 19.8 Å².